The van der Waals surface area contributed by atoms with Gasteiger partial charge in [-0.2, -0.15) is 13.2 Å². The Hall–Kier alpha value is -2.05. The lowest BCUT2D eigenvalue weighted by Gasteiger charge is -2.22. The van der Waals surface area contributed by atoms with Crippen molar-refractivity contribution in [1.29, 1.82) is 0 Å². The van der Waals surface area contributed by atoms with Crippen LogP contribution < -0.4 is 10.2 Å². The zero-order chi connectivity index (χ0) is 15.3. The number of hydrogen-bond donors (Lipinski definition) is 1. The fourth-order valence-electron chi connectivity index (χ4n) is 1.66. The van der Waals surface area contributed by atoms with Crippen molar-refractivity contribution in [2.45, 2.75) is 20.0 Å². The molecule has 7 heteroatoms. The van der Waals surface area contributed by atoms with E-state index in [1.54, 1.807) is 0 Å². The maximum Gasteiger partial charge on any atom is 0.416 e. The number of anilines is 1. The van der Waals surface area contributed by atoms with Gasteiger partial charge < -0.3 is 10.2 Å². The van der Waals surface area contributed by atoms with E-state index >= 15 is 0 Å². The molecule has 1 aromatic rings. The molecule has 110 valence electrons. The molecule has 1 aromatic carbocycles. The molecule has 0 saturated carbocycles. The number of nitrogens with one attached hydrogen (secondary N) is 1. The van der Waals surface area contributed by atoms with Crippen LogP contribution in [0.3, 0.4) is 0 Å². The van der Waals surface area contributed by atoms with E-state index in [1.165, 1.54) is 30.9 Å². The first-order valence-corrected chi connectivity index (χ1v) is 5.91. The summed E-state index contributed by atoms with van der Waals surface area (Å²) in [5.74, 6) is -0.660. The topological polar surface area (TPSA) is 49.4 Å². The van der Waals surface area contributed by atoms with Crippen LogP contribution >= 0.6 is 0 Å². The molecule has 4 nitrogen and oxygen atoms in total. The van der Waals surface area contributed by atoms with Crippen LogP contribution in [0, 0.1) is 0 Å². The fraction of sp³-hybridized carbons (Fsp3) is 0.385. The molecule has 0 atom stereocenters. The van der Waals surface area contributed by atoms with Crippen molar-refractivity contribution >= 4 is 17.5 Å². The Morgan fingerprint density at radius 3 is 2.40 bits per heavy atom. The third kappa shape index (κ3) is 4.56. The summed E-state index contributed by atoms with van der Waals surface area (Å²) in [7, 11) is 0. The number of nitrogens with zero attached hydrogens (tertiary/aromatic N) is 1. The molecule has 1 N–H and O–H groups in total. The molecule has 20 heavy (non-hydrogen) atoms. The van der Waals surface area contributed by atoms with Gasteiger partial charge in [0.15, 0.2) is 0 Å². The third-order valence-corrected chi connectivity index (χ3v) is 2.57. The Morgan fingerprint density at radius 2 is 1.90 bits per heavy atom. The highest BCUT2D eigenvalue weighted by molar-refractivity contribution is 5.91. The molecule has 0 unspecified atom stereocenters. The van der Waals surface area contributed by atoms with Crippen molar-refractivity contribution in [3.63, 3.8) is 0 Å². The molecule has 0 aromatic heterocycles. The summed E-state index contributed by atoms with van der Waals surface area (Å²) in [6.45, 7) is 2.86. The molecular formula is C13H15F3N2O2. The average Bonchev–Trinajstić information content (AvgIpc) is 2.33. The highest BCUT2D eigenvalue weighted by Gasteiger charge is 2.31. The van der Waals surface area contributed by atoms with E-state index in [4.69, 9.17) is 0 Å². The number of alkyl halides is 3. The van der Waals surface area contributed by atoms with Gasteiger partial charge in [-0.15, -0.1) is 0 Å². The Balaban J connectivity index is 2.92. The number of benzene rings is 1. The first-order chi connectivity index (χ1) is 9.21. The van der Waals surface area contributed by atoms with Gasteiger partial charge in [0.25, 0.3) is 0 Å². The maximum absolute atomic E-state index is 12.6. The van der Waals surface area contributed by atoms with Crippen LogP contribution in [0.4, 0.5) is 18.9 Å². The van der Waals surface area contributed by atoms with E-state index < -0.39 is 17.6 Å². The molecule has 0 bridgehead atoms. The molecule has 1 rings (SSSR count). The second-order valence-corrected chi connectivity index (χ2v) is 4.20. The number of halogens is 3. The third-order valence-electron chi connectivity index (χ3n) is 2.57. The van der Waals surface area contributed by atoms with Crippen molar-refractivity contribution in [3.05, 3.63) is 29.8 Å². The van der Waals surface area contributed by atoms with E-state index in [9.17, 15) is 22.8 Å². The average molecular weight is 288 g/mol. The van der Waals surface area contributed by atoms with Crippen molar-refractivity contribution in [1.82, 2.24) is 5.32 Å². The lowest BCUT2D eigenvalue weighted by Crippen LogP contribution is -2.37. The quantitative estimate of drug-likeness (QED) is 0.923. The van der Waals surface area contributed by atoms with Crippen molar-refractivity contribution in [2.24, 2.45) is 0 Å². The lowest BCUT2D eigenvalue weighted by molar-refractivity contribution is -0.137. The highest BCUT2D eigenvalue weighted by Crippen LogP contribution is 2.31. The van der Waals surface area contributed by atoms with E-state index in [1.807, 2.05) is 0 Å². The number of rotatable bonds is 4. The Kier molecular flexibility index (Phi) is 5.12. The first kappa shape index (κ1) is 16.0. The standard InChI is InChI=1S/C13H15F3N2O2/c1-9(19)17-6-7-18(10(2)20)12-5-3-4-11(8-12)13(14,15)16/h3-5,8H,6-7H2,1-2H3,(H,17,19). The Morgan fingerprint density at radius 1 is 1.25 bits per heavy atom. The van der Waals surface area contributed by atoms with Gasteiger partial charge >= 0.3 is 6.18 Å². The molecule has 0 aliphatic rings. The summed E-state index contributed by atoms with van der Waals surface area (Å²) in [4.78, 5) is 23.5. The van der Waals surface area contributed by atoms with E-state index in [-0.39, 0.29) is 24.7 Å². The first-order valence-electron chi connectivity index (χ1n) is 5.91. The van der Waals surface area contributed by atoms with Crippen molar-refractivity contribution < 1.29 is 22.8 Å². The van der Waals surface area contributed by atoms with Crippen molar-refractivity contribution in [2.75, 3.05) is 18.0 Å². The number of hydrogen-bond acceptors (Lipinski definition) is 2. The van der Waals surface area contributed by atoms with Gasteiger partial charge in [-0.1, -0.05) is 6.07 Å². The summed E-state index contributed by atoms with van der Waals surface area (Å²) in [5.41, 5.74) is -0.668. The molecule has 0 aliphatic heterocycles. The molecule has 0 saturated heterocycles. The van der Waals surface area contributed by atoms with Crippen LogP contribution in [0.2, 0.25) is 0 Å². The smallest absolute Gasteiger partial charge is 0.355 e. The van der Waals surface area contributed by atoms with Gasteiger partial charge in [-0.25, -0.2) is 0 Å². The summed E-state index contributed by atoms with van der Waals surface area (Å²) in [6, 6.07) is 4.52. The van der Waals surface area contributed by atoms with Crippen molar-refractivity contribution in [3.8, 4) is 0 Å². The van der Waals surface area contributed by atoms with Crippen LogP contribution in [-0.4, -0.2) is 24.9 Å². The summed E-state index contributed by atoms with van der Waals surface area (Å²) >= 11 is 0. The molecular weight excluding hydrogens is 273 g/mol. The molecule has 2 amide bonds. The number of carbonyl (C=O) groups excluding carboxylic acids is 2. The molecule has 0 spiro atoms. The number of carbonyl (C=O) groups is 2. The van der Waals surface area contributed by atoms with Gasteiger partial charge in [0.1, 0.15) is 0 Å². The second-order valence-electron chi connectivity index (χ2n) is 4.20. The monoisotopic (exact) mass is 288 g/mol. The Labute approximate surface area is 114 Å². The minimum Gasteiger partial charge on any atom is -0.355 e. The van der Waals surface area contributed by atoms with Gasteiger partial charge in [0, 0.05) is 32.6 Å². The molecule has 0 fully saturated rings. The predicted octanol–water partition coefficient (Wildman–Crippen LogP) is 2.19. The second kappa shape index (κ2) is 6.40. The summed E-state index contributed by atoms with van der Waals surface area (Å²) in [6.07, 6.45) is -4.46. The molecule has 0 radical (unpaired) electrons. The fourth-order valence-corrected chi connectivity index (χ4v) is 1.66. The highest BCUT2D eigenvalue weighted by atomic mass is 19.4. The SMILES string of the molecule is CC(=O)NCCN(C(C)=O)c1cccc(C(F)(F)F)c1. The van der Waals surface area contributed by atoms with E-state index in [2.05, 4.69) is 5.32 Å². The zero-order valence-electron chi connectivity index (χ0n) is 11.1. The summed E-state index contributed by atoms with van der Waals surface area (Å²) in [5, 5.41) is 2.49. The minimum absolute atomic E-state index is 0.107. The Bertz CT molecular complexity index is 501. The van der Waals surface area contributed by atoms with Gasteiger partial charge in [0.2, 0.25) is 11.8 Å². The van der Waals surface area contributed by atoms with Crippen LogP contribution in [0.15, 0.2) is 24.3 Å². The molecule has 0 aliphatic carbocycles. The summed E-state index contributed by atoms with van der Waals surface area (Å²) < 4.78 is 37.9. The molecule has 0 heterocycles. The van der Waals surface area contributed by atoms with Gasteiger partial charge in [0.05, 0.1) is 5.56 Å². The van der Waals surface area contributed by atoms with Crippen LogP contribution in [0.5, 0.6) is 0 Å². The van der Waals surface area contributed by atoms with E-state index in [0.29, 0.717) is 0 Å². The largest absolute Gasteiger partial charge is 0.416 e. The van der Waals surface area contributed by atoms with Gasteiger partial charge in [-0.05, 0) is 18.2 Å². The van der Waals surface area contributed by atoms with Crippen LogP contribution in [0.25, 0.3) is 0 Å². The maximum atomic E-state index is 12.6. The lowest BCUT2D eigenvalue weighted by atomic mass is 10.2. The predicted molar refractivity (Wildman–Crippen MR) is 68.2 cm³/mol. The van der Waals surface area contributed by atoms with Crippen LogP contribution in [-0.2, 0) is 15.8 Å². The van der Waals surface area contributed by atoms with Crippen LogP contribution in [0.1, 0.15) is 19.4 Å². The number of amides is 2. The minimum atomic E-state index is -4.46. The normalized spacial score (nSPS) is 11.1. The van der Waals surface area contributed by atoms with Gasteiger partial charge in [-0.3, -0.25) is 9.59 Å². The van der Waals surface area contributed by atoms with E-state index in [0.717, 1.165) is 12.1 Å². The zero-order valence-corrected chi connectivity index (χ0v) is 11.1.